The zero-order valence-corrected chi connectivity index (χ0v) is 17.6. The Hall–Kier alpha value is -3.13. The zero-order chi connectivity index (χ0) is 21.4. The van der Waals surface area contributed by atoms with Crippen molar-refractivity contribution in [2.24, 2.45) is 5.73 Å². The van der Waals surface area contributed by atoms with Gasteiger partial charge in [-0.25, -0.2) is 4.98 Å². The highest BCUT2D eigenvalue weighted by atomic mass is 35.5. The molecule has 0 aliphatic heterocycles. The molecule has 2 heterocycles. The molecule has 0 saturated heterocycles. The van der Waals surface area contributed by atoms with Crippen molar-refractivity contribution >= 4 is 46.1 Å². The van der Waals surface area contributed by atoms with E-state index >= 15 is 0 Å². The second-order valence-electron chi connectivity index (χ2n) is 7.69. The lowest BCUT2D eigenvalue weighted by atomic mass is 10.2. The minimum Gasteiger partial charge on any atom is -0.366 e. The van der Waals surface area contributed by atoms with Crippen LogP contribution in [0.2, 0.25) is 5.02 Å². The summed E-state index contributed by atoms with van der Waals surface area (Å²) in [4.78, 5) is 34.8. The van der Waals surface area contributed by atoms with Gasteiger partial charge in [-0.05, 0) is 37.1 Å². The summed E-state index contributed by atoms with van der Waals surface area (Å²) in [6, 6.07) is 6.84. The molecule has 1 saturated carbocycles. The molecule has 8 nitrogen and oxygen atoms in total. The first-order valence-electron chi connectivity index (χ1n) is 9.81. The molecule has 9 heteroatoms. The number of fused-ring (bicyclic) bond motifs is 1. The Kier molecular flexibility index (Phi) is 5.34. The number of amides is 2. The van der Waals surface area contributed by atoms with Crippen molar-refractivity contribution in [3.05, 3.63) is 46.7 Å². The number of carbonyl (C=O) groups excluding carboxylic acids is 2. The van der Waals surface area contributed by atoms with Gasteiger partial charge >= 0.3 is 0 Å². The van der Waals surface area contributed by atoms with E-state index in [-0.39, 0.29) is 11.9 Å². The maximum atomic E-state index is 12.8. The molecule has 0 spiro atoms. The van der Waals surface area contributed by atoms with E-state index in [2.05, 4.69) is 14.9 Å². The minimum atomic E-state index is -0.548. The normalized spacial score (nSPS) is 14.2. The number of aromatic nitrogens is 3. The Bertz CT molecular complexity index is 1130. The third kappa shape index (κ3) is 3.70. The number of benzene rings is 1. The van der Waals surface area contributed by atoms with Gasteiger partial charge in [0.25, 0.3) is 5.91 Å². The molecular weight excluding hydrogens is 404 g/mol. The first-order valence-corrected chi connectivity index (χ1v) is 10.2. The summed E-state index contributed by atoms with van der Waals surface area (Å²) in [5, 5.41) is 4.25. The van der Waals surface area contributed by atoms with Crippen LogP contribution in [0.5, 0.6) is 0 Å². The van der Waals surface area contributed by atoms with E-state index in [1.807, 2.05) is 6.07 Å². The Balaban J connectivity index is 1.75. The lowest BCUT2D eigenvalue weighted by molar-refractivity contribution is 0.0815. The Morgan fingerprint density at radius 1 is 1.23 bits per heavy atom. The van der Waals surface area contributed by atoms with Crippen LogP contribution < -0.4 is 11.1 Å². The Labute approximate surface area is 179 Å². The number of carbonyl (C=O) groups is 2. The zero-order valence-electron chi connectivity index (χ0n) is 16.9. The van der Waals surface area contributed by atoms with Crippen molar-refractivity contribution in [1.29, 1.82) is 0 Å². The molecule has 30 heavy (non-hydrogen) atoms. The fraction of sp³-hybridized carbons (Fsp3) is 0.333. The third-order valence-corrected chi connectivity index (χ3v) is 5.70. The first-order chi connectivity index (χ1) is 14.3. The monoisotopic (exact) mass is 426 g/mol. The van der Waals surface area contributed by atoms with E-state index in [0.717, 1.165) is 36.7 Å². The van der Waals surface area contributed by atoms with Gasteiger partial charge in [0.05, 0.1) is 10.7 Å². The maximum Gasteiger partial charge on any atom is 0.270 e. The van der Waals surface area contributed by atoms with Crippen molar-refractivity contribution in [3.8, 4) is 0 Å². The molecule has 2 amide bonds. The predicted molar refractivity (Wildman–Crippen MR) is 116 cm³/mol. The van der Waals surface area contributed by atoms with Gasteiger partial charge in [0.15, 0.2) is 0 Å². The largest absolute Gasteiger partial charge is 0.366 e. The van der Waals surface area contributed by atoms with Gasteiger partial charge in [-0.1, -0.05) is 24.4 Å². The van der Waals surface area contributed by atoms with Gasteiger partial charge < -0.3 is 20.5 Å². The maximum absolute atomic E-state index is 12.8. The lowest BCUT2D eigenvalue weighted by Crippen LogP contribution is -2.25. The number of halogens is 1. The molecule has 0 radical (unpaired) electrons. The van der Waals surface area contributed by atoms with E-state index in [4.69, 9.17) is 22.3 Å². The molecule has 2 aromatic heterocycles. The smallest absolute Gasteiger partial charge is 0.270 e. The van der Waals surface area contributed by atoms with Crippen LogP contribution in [0.15, 0.2) is 30.5 Å². The van der Waals surface area contributed by atoms with Crippen LogP contribution in [0.25, 0.3) is 11.0 Å². The summed E-state index contributed by atoms with van der Waals surface area (Å²) in [7, 11) is 3.49. The highest BCUT2D eigenvalue weighted by Gasteiger charge is 2.26. The average Bonchev–Trinajstić information content (AvgIpc) is 3.35. The Morgan fingerprint density at radius 2 is 1.97 bits per heavy atom. The molecule has 1 aromatic carbocycles. The van der Waals surface area contributed by atoms with Gasteiger partial charge in [-0.3, -0.25) is 9.59 Å². The number of hydrogen-bond acceptors (Lipinski definition) is 5. The number of primary amides is 1. The standard InChI is InChI=1S/C21H23ClN6O2/c1-27(2)20(30)17-10-13-11-24-21(26-19(13)28(17)14-5-3-4-6-14)25-16-8-7-12(18(23)29)9-15(16)22/h7-11,14H,3-6H2,1-2H3,(H2,23,29)(H,24,25,26). The molecule has 1 aliphatic carbocycles. The topological polar surface area (TPSA) is 106 Å². The molecule has 1 aliphatic rings. The summed E-state index contributed by atoms with van der Waals surface area (Å²) in [6.07, 6.45) is 6.01. The summed E-state index contributed by atoms with van der Waals surface area (Å²) in [5.41, 5.74) is 7.52. The van der Waals surface area contributed by atoms with Crippen LogP contribution in [-0.4, -0.2) is 45.3 Å². The van der Waals surface area contributed by atoms with Gasteiger partial charge in [0, 0.05) is 37.3 Å². The average molecular weight is 427 g/mol. The quantitative estimate of drug-likeness (QED) is 0.646. The van der Waals surface area contributed by atoms with Crippen LogP contribution >= 0.6 is 11.6 Å². The summed E-state index contributed by atoms with van der Waals surface area (Å²) in [6.45, 7) is 0. The van der Waals surface area contributed by atoms with Gasteiger partial charge in [-0.2, -0.15) is 4.98 Å². The summed E-state index contributed by atoms with van der Waals surface area (Å²) < 4.78 is 2.05. The molecular formula is C21H23ClN6O2. The molecule has 0 atom stereocenters. The fourth-order valence-electron chi connectivity index (χ4n) is 3.88. The highest BCUT2D eigenvalue weighted by molar-refractivity contribution is 6.33. The molecule has 0 bridgehead atoms. The van der Waals surface area contributed by atoms with Crippen molar-refractivity contribution in [3.63, 3.8) is 0 Å². The van der Waals surface area contributed by atoms with Gasteiger partial charge in [0.1, 0.15) is 11.3 Å². The highest BCUT2D eigenvalue weighted by Crippen LogP contribution is 2.35. The number of nitrogens with two attached hydrogens (primary N) is 1. The molecule has 4 rings (SSSR count). The van der Waals surface area contributed by atoms with Crippen molar-refractivity contribution in [2.75, 3.05) is 19.4 Å². The van der Waals surface area contributed by atoms with Crippen LogP contribution in [-0.2, 0) is 0 Å². The van der Waals surface area contributed by atoms with E-state index < -0.39 is 5.91 Å². The number of anilines is 2. The minimum absolute atomic E-state index is 0.0560. The molecule has 3 N–H and O–H groups in total. The second kappa shape index (κ2) is 7.95. The molecule has 1 fully saturated rings. The number of nitrogens with one attached hydrogen (secondary N) is 1. The van der Waals surface area contributed by atoms with Crippen LogP contribution in [0.3, 0.4) is 0 Å². The van der Waals surface area contributed by atoms with Crippen molar-refractivity contribution in [1.82, 2.24) is 19.4 Å². The molecule has 3 aromatic rings. The van der Waals surface area contributed by atoms with Crippen LogP contribution in [0, 0.1) is 0 Å². The van der Waals surface area contributed by atoms with Crippen molar-refractivity contribution in [2.45, 2.75) is 31.7 Å². The number of rotatable bonds is 5. The van der Waals surface area contributed by atoms with E-state index in [1.54, 1.807) is 37.3 Å². The van der Waals surface area contributed by atoms with E-state index in [1.165, 1.54) is 6.07 Å². The van der Waals surface area contributed by atoms with Crippen LogP contribution in [0.1, 0.15) is 52.6 Å². The number of hydrogen-bond donors (Lipinski definition) is 2. The lowest BCUT2D eigenvalue weighted by Gasteiger charge is -2.19. The van der Waals surface area contributed by atoms with Gasteiger partial charge in [0.2, 0.25) is 11.9 Å². The predicted octanol–water partition coefficient (Wildman–Crippen LogP) is 3.74. The fourth-order valence-corrected chi connectivity index (χ4v) is 4.11. The van der Waals surface area contributed by atoms with E-state index in [0.29, 0.717) is 27.9 Å². The van der Waals surface area contributed by atoms with E-state index in [9.17, 15) is 9.59 Å². The third-order valence-electron chi connectivity index (χ3n) is 5.39. The second-order valence-corrected chi connectivity index (χ2v) is 8.10. The molecule has 0 unspecified atom stereocenters. The Morgan fingerprint density at radius 3 is 2.60 bits per heavy atom. The summed E-state index contributed by atoms with van der Waals surface area (Å²) in [5.74, 6) is -0.245. The molecule has 156 valence electrons. The first kappa shape index (κ1) is 20.2. The number of nitrogens with zero attached hydrogens (tertiary/aromatic N) is 4. The van der Waals surface area contributed by atoms with Crippen molar-refractivity contribution < 1.29 is 9.59 Å². The van der Waals surface area contributed by atoms with Gasteiger partial charge in [-0.15, -0.1) is 0 Å². The SMILES string of the molecule is CN(C)C(=O)c1cc2cnc(Nc3ccc(C(N)=O)cc3Cl)nc2n1C1CCCC1. The summed E-state index contributed by atoms with van der Waals surface area (Å²) >= 11 is 6.28. The van der Waals surface area contributed by atoms with Crippen LogP contribution in [0.4, 0.5) is 11.6 Å².